The molecule has 7 heteroatoms. The van der Waals surface area contributed by atoms with Gasteiger partial charge in [-0.3, -0.25) is 4.79 Å². The molecule has 4 rings (SSSR count). The van der Waals surface area contributed by atoms with E-state index in [1.807, 2.05) is 23.1 Å². The van der Waals surface area contributed by atoms with Crippen molar-refractivity contribution in [1.82, 2.24) is 25.5 Å². The number of nitrogens with zero attached hydrogens (tertiary/aromatic N) is 4. The Bertz CT molecular complexity index is 875. The maximum atomic E-state index is 12.7. The van der Waals surface area contributed by atoms with Crippen LogP contribution in [0.3, 0.4) is 0 Å². The number of tetrazole rings is 1. The Hall–Kier alpha value is -3.22. The number of phenols is 1. The highest BCUT2D eigenvalue weighted by atomic mass is 16.3. The van der Waals surface area contributed by atoms with Gasteiger partial charge in [0.05, 0.1) is 0 Å². The van der Waals surface area contributed by atoms with Crippen molar-refractivity contribution in [2.75, 3.05) is 6.54 Å². The maximum Gasteiger partial charge on any atom is 0.254 e. The van der Waals surface area contributed by atoms with E-state index in [-0.39, 0.29) is 11.7 Å². The van der Waals surface area contributed by atoms with Crippen LogP contribution in [0.4, 0.5) is 0 Å². The third-order valence-corrected chi connectivity index (χ3v) is 4.22. The number of fused-ring (bicyclic) bond motifs is 1. The first-order chi connectivity index (χ1) is 11.7. The van der Waals surface area contributed by atoms with Crippen LogP contribution >= 0.6 is 0 Å². The minimum atomic E-state index is -0.00612. The van der Waals surface area contributed by atoms with Gasteiger partial charge in [-0.25, -0.2) is 0 Å². The zero-order valence-corrected chi connectivity index (χ0v) is 12.8. The number of rotatable bonds is 2. The summed E-state index contributed by atoms with van der Waals surface area (Å²) in [7, 11) is 0. The van der Waals surface area contributed by atoms with Gasteiger partial charge in [-0.1, -0.05) is 18.2 Å². The number of hydrogen-bond donors (Lipinski definition) is 2. The fourth-order valence-corrected chi connectivity index (χ4v) is 2.94. The molecule has 0 spiro atoms. The second-order valence-electron chi connectivity index (χ2n) is 5.74. The predicted octanol–water partition coefficient (Wildman–Crippen LogP) is 1.77. The first-order valence-electron chi connectivity index (χ1n) is 7.64. The molecule has 0 radical (unpaired) electrons. The van der Waals surface area contributed by atoms with Gasteiger partial charge in [0.1, 0.15) is 5.75 Å². The Morgan fingerprint density at radius 2 is 1.96 bits per heavy atom. The number of phenolic OH excluding ortho intramolecular Hbond substituents is 1. The lowest BCUT2D eigenvalue weighted by atomic mass is 9.98. The van der Waals surface area contributed by atoms with Crippen LogP contribution < -0.4 is 0 Å². The van der Waals surface area contributed by atoms with Crippen LogP contribution in [0, 0.1) is 0 Å². The fourth-order valence-electron chi connectivity index (χ4n) is 2.94. The Morgan fingerprint density at radius 1 is 1.12 bits per heavy atom. The quantitative estimate of drug-likeness (QED) is 0.750. The normalized spacial score (nSPS) is 13.6. The summed E-state index contributed by atoms with van der Waals surface area (Å²) in [6.45, 7) is 1.20. The summed E-state index contributed by atoms with van der Waals surface area (Å²) >= 11 is 0. The summed E-state index contributed by atoms with van der Waals surface area (Å²) in [5, 5.41) is 23.3. The van der Waals surface area contributed by atoms with Gasteiger partial charge >= 0.3 is 0 Å². The van der Waals surface area contributed by atoms with Crippen LogP contribution in [-0.4, -0.2) is 43.1 Å². The lowest BCUT2D eigenvalue weighted by molar-refractivity contribution is 0.0734. The highest BCUT2D eigenvalue weighted by Gasteiger charge is 2.22. The zero-order valence-electron chi connectivity index (χ0n) is 12.8. The summed E-state index contributed by atoms with van der Waals surface area (Å²) in [5.74, 6) is 0.764. The first-order valence-corrected chi connectivity index (χ1v) is 7.64. The molecule has 1 aromatic heterocycles. The van der Waals surface area contributed by atoms with Gasteiger partial charge in [0.15, 0.2) is 0 Å². The predicted molar refractivity (Wildman–Crippen MR) is 86.2 cm³/mol. The van der Waals surface area contributed by atoms with Gasteiger partial charge < -0.3 is 10.0 Å². The molecular formula is C17H15N5O2. The highest BCUT2D eigenvalue weighted by molar-refractivity contribution is 5.94. The van der Waals surface area contributed by atoms with Crippen LogP contribution in [0.15, 0.2) is 42.5 Å². The number of carbonyl (C=O) groups excluding carboxylic acids is 1. The molecule has 0 atom stereocenters. The van der Waals surface area contributed by atoms with E-state index < -0.39 is 0 Å². The molecule has 0 aliphatic carbocycles. The molecule has 0 saturated heterocycles. The van der Waals surface area contributed by atoms with Crippen molar-refractivity contribution < 1.29 is 9.90 Å². The molecule has 24 heavy (non-hydrogen) atoms. The average molecular weight is 321 g/mol. The number of hydrogen-bond acceptors (Lipinski definition) is 5. The van der Waals surface area contributed by atoms with Crippen LogP contribution in [-0.2, 0) is 13.0 Å². The van der Waals surface area contributed by atoms with Gasteiger partial charge in [-0.15, -0.1) is 10.2 Å². The van der Waals surface area contributed by atoms with Crippen LogP contribution in [0.25, 0.3) is 11.4 Å². The lowest BCUT2D eigenvalue weighted by Gasteiger charge is -2.29. The van der Waals surface area contributed by atoms with Crippen molar-refractivity contribution in [2.24, 2.45) is 0 Å². The minimum Gasteiger partial charge on any atom is -0.508 e. The van der Waals surface area contributed by atoms with Gasteiger partial charge in [0.25, 0.3) is 5.91 Å². The number of nitrogens with one attached hydrogen (secondary N) is 1. The van der Waals surface area contributed by atoms with E-state index in [1.165, 1.54) is 0 Å². The standard InChI is InChI=1S/C17H15N5O2/c23-15-6-5-14-10-22(8-7-13(14)9-15)17(24)12-3-1-11(2-4-12)16-18-20-21-19-16/h1-6,9,23H,7-8,10H2,(H,18,19,20,21). The molecule has 2 N–H and O–H groups in total. The van der Waals surface area contributed by atoms with Crippen molar-refractivity contribution in [1.29, 1.82) is 0 Å². The van der Waals surface area contributed by atoms with E-state index in [1.54, 1.807) is 24.3 Å². The van der Waals surface area contributed by atoms with E-state index in [0.717, 1.165) is 23.1 Å². The largest absolute Gasteiger partial charge is 0.508 e. The number of aromatic hydroxyl groups is 1. The van der Waals surface area contributed by atoms with Gasteiger partial charge in [0.2, 0.25) is 5.82 Å². The van der Waals surface area contributed by atoms with Crippen molar-refractivity contribution in [3.05, 3.63) is 59.2 Å². The average Bonchev–Trinajstić information content (AvgIpc) is 3.15. The summed E-state index contributed by atoms with van der Waals surface area (Å²) in [4.78, 5) is 14.5. The van der Waals surface area contributed by atoms with Crippen LogP contribution in [0.5, 0.6) is 5.75 Å². The topological polar surface area (TPSA) is 95.0 Å². The Morgan fingerprint density at radius 3 is 2.71 bits per heavy atom. The zero-order chi connectivity index (χ0) is 16.5. The maximum absolute atomic E-state index is 12.7. The minimum absolute atomic E-state index is 0.00612. The van der Waals surface area contributed by atoms with Crippen LogP contribution in [0.2, 0.25) is 0 Å². The Balaban J connectivity index is 1.53. The van der Waals surface area contributed by atoms with E-state index >= 15 is 0 Å². The fraction of sp³-hybridized carbons (Fsp3) is 0.176. The Labute approximate surface area is 137 Å². The first kappa shape index (κ1) is 14.4. The molecule has 120 valence electrons. The highest BCUT2D eigenvalue weighted by Crippen LogP contribution is 2.24. The second kappa shape index (κ2) is 5.77. The monoisotopic (exact) mass is 321 g/mol. The van der Waals surface area contributed by atoms with Crippen molar-refractivity contribution in [3.8, 4) is 17.1 Å². The number of carbonyl (C=O) groups is 1. The molecule has 0 fully saturated rings. The van der Waals surface area contributed by atoms with Crippen LogP contribution in [0.1, 0.15) is 21.5 Å². The number of aromatic nitrogens is 4. The summed E-state index contributed by atoms with van der Waals surface area (Å²) < 4.78 is 0. The Kier molecular flexibility index (Phi) is 3.45. The number of benzene rings is 2. The number of aromatic amines is 1. The van der Waals surface area contributed by atoms with Gasteiger partial charge in [-0.2, -0.15) is 5.21 Å². The lowest BCUT2D eigenvalue weighted by Crippen LogP contribution is -2.35. The van der Waals surface area contributed by atoms with E-state index in [2.05, 4.69) is 20.6 Å². The van der Waals surface area contributed by atoms with Crippen molar-refractivity contribution in [3.63, 3.8) is 0 Å². The molecule has 1 aliphatic heterocycles. The smallest absolute Gasteiger partial charge is 0.254 e. The molecule has 2 aromatic carbocycles. The molecule has 0 bridgehead atoms. The summed E-state index contributed by atoms with van der Waals surface area (Å²) in [6.07, 6.45) is 0.746. The molecule has 1 aliphatic rings. The molecule has 0 unspecified atom stereocenters. The molecule has 3 aromatic rings. The second-order valence-corrected chi connectivity index (χ2v) is 5.74. The molecule has 2 heterocycles. The van der Waals surface area contributed by atoms with Crippen molar-refractivity contribution in [2.45, 2.75) is 13.0 Å². The third kappa shape index (κ3) is 2.60. The van der Waals surface area contributed by atoms with E-state index in [4.69, 9.17) is 0 Å². The third-order valence-electron chi connectivity index (χ3n) is 4.22. The molecular weight excluding hydrogens is 306 g/mol. The molecule has 1 amide bonds. The number of amides is 1. The SMILES string of the molecule is O=C(c1ccc(-c2nn[nH]n2)cc1)N1CCc2cc(O)ccc2C1. The molecule has 7 nitrogen and oxygen atoms in total. The van der Waals surface area contributed by atoms with Crippen molar-refractivity contribution >= 4 is 5.91 Å². The van der Waals surface area contributed by atoms with E-state index in [0.29, 0.717) is 24.5 Å². The summed E-state index contributed by atoms with van der Waals surface area (Å²) in [5.41, 5.74) is 3.62. The van der Waals surface area contributed by atoms with E-state index in [9.17, 15) is 9.90 Å². The number of H-pyrrole nitrogens is 1. The summed E-state index contributed by atoms with van der Waals surface area (Å²) in [6, 6.07) is 12.5. The van der Waals surface area contributed by atoms with Gasteiger partial charge in [0, 0.05) is 24.2 Å². The van der Waals surface area contributed by atoms with Gasteiger partial charge in [-0.05, 0) is 47.0 Å². The molecule has 0 saturated carbocycles.